The molecule has 1 saturated heterocycles. The second kappa shape index (κ2) is 7.23. The van der Waals surface area contributed by atoms with Crippen molar-refractivity contribution in [3.63, 3.8) is 0 Å². The number of piperidine rings is 1. The molecule has 0 aromatic carbocycles. The van der Waals surface area contributed by atoms with Gasteiger partial charge in [0.1, 0.15) is 5.15 Å². The Bertz CT molecular complexity index is 496. The van der Waals surface area contributed by atoms with Crippen LogP contribution in [0, 0.1) is 0 Å². The molecule has 2 heterocycles. The van der Waals surface area contributed by atoms with Gasteiger partial charge >= 0.3 is 0 Å². The first kappa shape index (κ1) is 16.2. The van der Waals surface area contributed by atoms with Crippen molar-refractivity contribution in [1.29, 1.82) is 0 Å². The first-order valence-electron chi connectivity index (χ1n) is 7.71. The molecule has 4 nitrogen and oxygen atoms in total. The highest BCUT2D eigenvalue weighted by Crippen LogP contribution is 2.15. The lowest BCUT2D eigenvalue weighted by atomic mass is 10.0. The van der Waals surface area contributed by atoms with E-state index in [9.17, 15) is 4.79 Å². The quantitative estimate of drug-likeness (QED) is 0.870. The average molecular weight is 310 g/mol. The minimum atomic E-state index is -0.0444. The molecule has 21 heavy (non-hydrogen) atoms. The molecule has 116 valence electrons. The van der Waals surface area contributed by atoms with E-state index >= 15 is 0 Å². The molecule has 1 amide bonds. The third-order valence-electron chi connectivity index (χ3n) is 4.07. The van der Waals surface area contributed by atoms with Gasteiger partial charge in [0.25, 0.3) is 5.91 Å². The molecular weight excluding hydrogens is 286 g/mol. The summed E-state index contributed by atoms with van der Waals surface area (Å²) in [5, 5.41) is 3.50. The Morgan fingerprint density at radius 1 is 1.43 bits per heavy atom. The maximum atomic E-state index is 12.3. The molecule has 2 rings (SSSR count). The number of amides is 1. The lowest BCUT2D eigenvalue weighted by Gasteiger charge is -2.34. The van der Waals surface area contributed by atoms with Crippen LogP contribution in [-0.2, 0) is 6.42 Å². The van der Waals surface area contributed by atoms with Gasteiger partial charge in [0.15, 0.2) is 0 Å². The molecule has 0 aliphatic carbocycles. The molecule has 1 aliphatic heterocycles. The summed E-state index contributed by atoms with van der Waals surface area (Å²) in [4.78, 5) is 19.0. The predicted molar refractivity (Wildman–Crippen MR) is 85.8 cm³/mol. The fourth-order valence-electron chi connectivity index (χ4n) is 2.69. The number of carbonyl (C=O) groups excluding carboxylic acids is 1. The Morgan fingerprint density at radius 3 is 2.67 bits per heavy atom. The van der Waals surface area contributed by atoms with Gasteiger partial charge in [-0.05, 0) is 45.2 Å². The summed E-state index contributed by atoms with van der Waals surface area (Å²) in [5.41, 5.74) is 1.46. The minimum absolute atomic E-state index is 0.0444. The van der Waals surface area contributed by atoms with E-state index in [-0.39, 0.29) is 11.9 Å². The van der Waals surface area contributed by atoms with Crippen LogP contribution in [0.25, 0.3) is 0 Å². The van der Waals surface area contributed by atoms with Crippen LogP contribution in [0.5, 0.6) is 0 Å². The maximum absolute atomic E-state index is 12.3. The predicted octanol–water partition coefficient (Wildman–Crippen LogP) is 2.90. The van der Waals surface area contributed by atoms with Crippen molar-refractivity contribution in [2.75, 3.05) is 13.1 Å². The zero-order chi connectivity index (χ0) is 15.4. The smallest absolute Gasteiger partial charge is 0.251 e. The number of hydrogen-bond acceptors (Lipinski definition) is 3. The Labute approximate surface area is 131 Å². The maximum Gasteiger partial charge on any atom is 0.251 e. The highest BCUT2D eigenvalue weighted by atomic mass is 35.5. The number of halogens is 1. The van der Waals surface area contributed by atoms with Crippen LogP contribution >= 0.6 is 11.6 Å². The Hall–Kier alpha value is -1.13. The molecule has 1 aromatic rings. The summed E-state index contributed by atoms with van der Waals surface area (Å²) in [6, 6.07) is 4.29. The summed E-state index contributed by atoms with van der Waals surface area (Å²) in [7, 11) is 0. The molecule has 0 atom stereocenters. The van der Waals surface area contributed by atoms with Crippen LogP contribution in [0.4, 0.5) is 0 Å². The topological polar surface area (TPSA) is 45.2 Å². The number of hydrogen-bond donors (Lipinski definition) is 1. The van der Waals surface area contributed by atoms with Gasteiger partial charge in [-0.2, -0.15) is 0 Å². The van der Waals surface area contributed by atoms with Gasteiger partial charge in [-0.3, -0.25) is 4.79 Å². The number of carbonyl (C=O) groups is 1. The SMILES string of the molecule is CCc1cc(C(=O)NC2CCN(C(C)C)CC2)cc(Cl)n1. The minimum Gasteiger partial charge on any atom is -0.349 e. The van der Waals surface area contributed by atoms with Gasteiger partial charge in [-0.25, -0.2) is 4.98 Å². The van der Waals surface area contributed by atoms with Crippen molar-refractivity contribution < 1.29 is 4.79 Å². The monoisotopic (exact) mass is 309 g/mol. The standard InChI is InChI=1S/C16H24ClN3O/c1-4-13-9-12(10-15(17)18-13)16(21)19-14-5-7-20(8-6-14)11(2)3/h9-11,14H,4-8H2,1-3H3,(H,19,21). The molecule has 0 saturated carbocycles. The van der Waals surface area contributed by atoms with Gasteiger partial charge in [-0.1, -0.05) is 18.5 Å². The number of likely N-dealkylation sites (tertiary alicyclic amines) is 1. The van der Waals surface area contributed by atoms with Crippen LogP contribution in [0.2, 0.25) is 5.15 Å². The average Bonchev–Trinajstić information content (AvgIpc) is 2.47. The number of pyridine rings is 1. The molecule has 1 aliphatic rings. The summed E-state index contributed by atoms with van der Waals surface area (Å²) in [5.74, 6) is -0.0444. The van der Waals surface area contributed by atoms with Gasteiger partial charge in [0.05, 0.1) is 0 Å². The van der Waals surface area contributed by atoms with E-state index in [0.717, 1.165) is 38.0 Å². The molecule has 0 spiro atoms. The van der Waals surface area contributed by atoms with Gasteiger partial charge < -0.3 is 10.2 Å². The molecule has 0 unspecified atom stereocenters. The Morgan fingerprint density at radius 2 is 2.10 bits per heavy atom. The van der Waals surface area contributed by atoms with Gasteiger partial charge in [0.2, 0.25) is 0 Å². The first-order chi connectivity index (χ1) is 9.99. The van der Waals surface area contributed by atoms with Crippen molar-refractivity contribution in [3.05, 3.63) is 28.5 Å². The molecule has 0 bridgehead atoms. The van der Waals surface area contributed by atoms with E-state index in [0.29, 0.717) is 16.8 Å². The van der Waals surface area contributed by atoms with Crippen molar-refractivity contribution in [3.8, 4) is 0 Å². The van der Waals surface area contributed by atoms with Crippen molar-refractivity contribution >= 4 is 17.5 Å². The van der Waals surface area contributed by atoms with E-state index in [2.05, 4.69) is 29.0 Å². The molecule has 1 fully saturated rings. The largest absolute Gasteiger partial charge is 0.349 e. The molecule has 1 N–H and O–H groups in total. The third-order valence-corrected chi connectivity index (χ3v) is 4.26. The zero-order valence-electron chi connectivity index (χ0n) is 13.0. The van der Waals surface area contributed by atoms with Crippen LogP contribution in [0.3, 0.4) is 0 Å². The normalized spacial score (nSPS) is 17.2. The van der Waals surface area contributed by atoms with Crippen LogP contribution in [0.1, 0.15) is 49.7 Å². The number of aryl methyl sites for hydroxylation is 1. The van der Waals surface area contributed by atoms with Crippen LogP contribution in [0.15, 0.2) is 12.1 Å². The van der Waals surface area contributed by atoms with E-state index < -0.39 is 0 Å². The Kier molecular flexibility index (Phi) is 5.59. The number of aromatic nitrogens is 1. The van der Waals surface area contributed by atoms with Crippen molar-refractivity contribution in [2.45, 2.75) is 52.1 Å². The van der Waals surface area contributed by atoms with E-state index in [4.69, 9.17) is 11.6 Å². The summed E-state index contributed by atoms with van der Waals surface area (Å²) < 4.78 is 0. The van der Waals surface area contributed by atoms with Crippen molar-refractivity contribution in [1.82, 2.24) is 15.2 Å². The summed E-state index contributed by atoms with van der Waals surface area (Å²) in [6.07, 6.45) is 2.78. The summed E-state index contributed by atoms with van der Waals surface area (Å²) in [6.45, 7) is 8.51. The third kappa shape index (κ3) is 4.42. The van der Waals surface area contributed by atoms with E-state index in [1.165, 1.54) is 0 Å². The van der Waals surface area contributed by atoms with Gasteiger partial charge in [0, 0.05) is 36.4 Å². The molecule has 1 aromatic heterocycles. The molecule has 5 heteroatoms. The first-order valence-corrected chi connectivity index (χ1v) is 8.08. The molecule has 0 radical (unpaired) electrons. The van der Waals surface area contributed by atoms with E-state index in [1.54, 1.807) is 6.07 Å². The lowest BCUT2D eigenvalue weighted by Crippen LogP contribution is -2.46. The fraction of sp³-hybridized carbons (Fsp3) is 0.625. The molecular formula is C16H24ClN3O. The fourth-order valence-corrected chi connectivity index (χ4v) is 2.92. The van der Waals surface area contributed by atoms with E-state index in [1.807, 2.05) is 13.0 Å². The highest BCUT2D eigenvalue weighted by molar-refractivity contribution is 6.29. The number of nitrogens with zero attached hydrogens (tertiary/aromatic N) is 2. The number of rotatable bonds is 4. The summed E-state index contributed by atoms with van der Waals surface area (Å²) >= 11 is 5.97. The Balaban J connectivity index is 1.95. The van der Waals surface area contributed by atoms with Crippen molar-refractivity contribution in [2.24, 2.45) is 0 Å². The number of nitrogens with one attached hydrogen (secondary N) is 1. The van der Waals surface area contributed by atoms with Crippen LogP contribution in [-0.4, -0.2) is 41.0 Å². The van der Waals surface area contributed by atoms with Crippen LogP contribution < -0.4 is 5.32 Å². The second-order valence-electron chi connectivity index (χ2n) is 5.90. The zero-order valence-corrected chi connectivity index (χ0v) is 13.8. The lowest BCUT2D eigenvalue weighted by molar-refractivity contribution is 0.0900. The highest BCUT2D eigenvalue weighted by Gasteiger charge is 2.22. The van der Waals surface area contributed by atoms with Gasteiger partial charge in [-0.15, -0.1) is 0 Å². The second-order valence-corrected chi connectivity index (χ2v) is 6.29.